The number of ether oxygens (including phenoxy) is 1. The van der Waals surface area contributed by atoms with E-state index >= 15 is 0 Å². The van der Waals surface area contributed by atoms with Crippen molar-refractivity contribution in [2.24, 2.45) is 5.92 Å². The molecule has 2 aliphatic heterocycles. The fourth-order valence-electron chi connectivity index (χ4n) is 3.21. The van der Waals surface area contributed by atoms with Crippen LogP contribution in [-0.2, 0) is 4.74 Å². The van der Waals surface area contributed by atoms with Crippen LogP contribution in [0.2, 0.25) is 0 Å². The van der Waals surface area contributed by atoms with Gasteiger partial charge in [0.1, 0.15) is 0 Å². The summed E-state index contributed by atoms with van der Waals surface area (Å²) in [7, 11) is 0. The van der Waals surface area contributed by atoms with E-state index in [1.165, 1.54) is 25.7 Å². The number of aliphatic hydroxyl groups is 1. The molecular formula is C12H19NO2. The summed E-state index contributed by atoms with van der Waals surface area (Å²) in [6, 6.07) is 0.504. The maximum atomic E-state index is 9.57. The van der Waals surface area contributed by atoms with Gasteiger partial charge in [0.15, 0.2) is 0 Å². The van der Waals surface area contributed by atoms with Gasteiger partial charge in [0.05, 0.1) is 25.4 Å². The van der Waals surface area contributed by atoms with E-state index in [1.807, 2.05) is 0 Å². The highest BCUT2D eigenvalue weighted by Gasteiger charge is 2.47. The molecule has 3 heteroatoms. The molecule has 0 amide bonds. The molecule has 2 fully saturated rings. The molecule has 1 saturated carbocycles. The van der Waals surface area contributed by atoms with Crippen LogP contribution in [0.3, 0.4) is 0 Å². The van der Waals surface area contributed by atoms with E-state index in [9.17, 15) is 5.11 Å². The van der Waals surface area contributed by atoms with Gasteiger partial charge in [-0.25, -0.2) is 0 Å². The molecule has 0 aromatic carbocycles. The van der Waals surface area contributed by atoms with Crippen LogP contribution in [0.25, 0.3) is 0 Å². The molecule has 0 unspecified atom stereocenters. The Bertz CT molecular complexity index is 289. The summed E-state index contributed by atoms with van der Waals surface area (Å²) in [6.07, 6.45) is 7.46. The molecule has 0 aromatic heterocycles. The third kappa shape index (κ3) is 1.45. The molecule has 2 heterocycles. The van der Waals surface area contributed by atoms with Gasteiger partial charge in [-0.1, -0.05) is 18.1 Å². The van der Waals surface area contributed by atoms with Crippen LogP contribution in [0.1, 0.15) is 25.7 Å². The lowest BCUT2D eigenvalue weighted by Gasteiger charge is -2.43. The van der Waals surface area contributed by atoms with Gasteiger partial charge in [-0.3, -0.25) is 0 Å². The summed E-state index contributed by atoms with van der Waals surface area (Å²) in [5, 5.41) is 13.2. The van der Waals surface area contributed by atoms with Crippen LogP contribution in [-0.4, -0.2) is 36.5 Å². The van der Waals surface area contributed by atoms with Gasteiger partial charge in [-0.05, 0) is 19.3 Å². The van der Waals surface area contributed by atoms with Gasteiger partial charge in [0, 0.05) is 12.0 Å². The number of aliphatic hydroxyl groups excluding tert-OH is 1. The molecule has 0 radical (unpaired) electrons. The number of hydrogen-bond acceptors (Lipinski definition) is 3. The summed E-state index contributed by atoms with van der Waals surface area (Å²) in [5.74, 6) is 0.381. The maximum absolute atomic E-state index is 9.57. The summed E-state index contributed by atoms with van der Waals surface area (Å²) < 4.78 is 5.52. The van der Waals surface area contributed by atoms with Crippen molar-refractivity contribution in [1.82, 2.24) is 5.32 Å². The zero-order valence-electron chi connectivity index (χ0n) is 9.04. The minimum absolute atomic E-state index is 0.175. The molecule has 0 bridgehead atoms. The number of nitrogens with one attached hydrogen (secondary N) is 1. The van der Waals surface area contributed by atoms with Crippen LogP contribution in [0.4, 0.5) is 0 Å². The average molecular weight is 209 g/mol. The zero-order chi connectivity index (χ0) is 10.3. The van der Waals surface area contributed by atoms with Crippen molar-refractivity contribution in [1.29, 1.82) is 0 Å². The molecule has 2 N–H and O–H groups in total. The van der Waals surface area contributed by atoms with E-state index in [-0.39, 0.29) is 12.1 Å². The molecule has 3 nitrogen and oxygen atoms in total. The van der Waals surface area contributed by atoms with Gasteiger partial charge < -0.3 is 15.2 Å². The van der Waals surface area contributed by atoms with Crippen molar-refractivity contribution in [3.05, 3.63) is 11.6 Å². The number of fused-ring (bicyclic) bond motifs is 2. The molecule has 0 spiro atoms. The minimum Gasteiger partial charge on any atom is -0.394 e. The molecule has 0 aromatic rings. The predicted molar refractivity (Wildman–Crippen MR) is 57.6 cm³/mol. The highest BCUT2D eigenvalue weighted by atomic mass is 16.5. The molecule has 1 saturated heterocycles. The first-order valence-corrected chi connectivity index (χ1v) is 6.01. The quantitative estimate of drug-likeness (QED) is 0.629. The van der Waals surface area contributed by atoms with Crippen LogP contribution in [0.5, 0.6) is 0 Å². The Kier molecular flexibility index (Phi) is 2.34. The molecule has 1 aliphatic carbocycles. The van der Waals surface area contributed by atoms with Crippen LogP contribution in [0, 0.1) is 5.92 Å². The third-order valence-electron chi connectivity index (χ3n) is 4.18. The normalized spacial score (nSPS) is 44.5. The SMILES string of the molecule is OC[C@]12COC[C@@H]1C=C1CCCC[C@@H]1N2. The minimum atomic E-state index is -0.175. The highest BCUT2D eigenvalue weighted by molar-refractivity contribution is 5.25. The van der Waals surface area contributed by atoms with Crippen LogP contribution < -0.4 is 5.32 Å². The summed E-state index contributed by atoms with van der Waals surface area (Å²) in [5.41, 5.74) is 1.38. The van der Waals surface area contributed by atoms with Crippen LogP contribution in [0.15, 0.2) is 11.6 Å². The highest BCUT2D eigenvalue weighted by Crippen LogP contribution is 2.37. The number of hydrogen-bond donors (Lipinski definition) is 2. The standard InChI is InChI=1S/C12H19NO2/c14-7-12-8-15-6-10(12)5-9-3-1-2-4-11(9)13-12/h5,10-11,13-14H,1-4,6-8H2/t10-,11-,12-/m0/s1. The Balaban J connectivity index is 1.90. The largest absolute Gasteiger partial charge is 0.394 e. The number of rotatable bonds is 1. The third-order valence-corrected chi connectivity index (χ3v) is 4.18. The Morgan fingerprint density at radius 3 is 3.33 bits per heavy atom. The smallest absolute Gasteiger partial charge is 0.0741 e. The molecule has 84 valence electrons. The van der Waals surface area contributed by atoms with Crippen molar-refractivity contribution in [2.75, 3.05) is 19.8 Å². The average Bonchev–Trinajstić information content (AvgIpc) is 2.69. The predicted octanol–water partition coefficient (Wildman–Crippen LogP) is 0.836. The molecule has 15 heavy (non-hydrogen) atoms. The van der Waals surface area contributed by atoms with E-state index in [0.717, 1.165) is 6.61 Å². The first-order chi connectivity index (χ1) is 7.34. The molecule has 3 rings (SSSR count). The summed E-state index contributed by atoms with van der Waals surface area (Å²) in [6.45, 7) is 1.62. The summed E-state index contributed by atoms with van der Waals surface area (Å²) >= 11 is 0. The van der Waals surface area contributed by atoms with E-state index < -0.39 is 0 Å². The Hall–Kier alpha value is -0.380. The van der Waals surface area contributed by atoms with Crippen molar-refractivity contribution in [2.45, 2.75) is 37.3 Å². The lowest BCUT2D eigenvalue weighted by atomic mass is 9.76. The van der Waals surface area contributed by atoms with E-state index in [1.54, 1.807) is 5.57 Å². The monoisotopic (exact) mass is 209 g/mol. The van der Waals surface area contributed by atoms with Gasteiger partial charge in [0.25, 0.3) is 0 Å². The molecule has 3 aliphatic rings. The van der Waals surface area contributed by atoms with Crippen molar-refractivity contribution in [3.63, 3.8) is 0 Å². The second kappa shape index (κ2) is 3.58. The first-order valence-electron chi connectivity index (χ1n) is 6.01. The second-order valence-electron chi connectivity index (χ2n) is 5.12. The molecule has 3 atom stereocenters. The van der Waals surface area contributed by atoms with E-state index in [0.29, 0.717) is 18.6 Å². The second-order valence-corrected chi connectivity index (χ2v) is 5.12. The van der Waals surface area contributed by atoms with Gasteiger partial charge >= 0.3 is 0 Å². The first kappa shape index (κ1) is 9.82. The lowest BCUT2D eigenvalue weighted by molar-refractivity contribution is 0.102. The fraction of sp³-hybridized carbons (Fsp3) is 0.833. The Morgan fingerprint density at radius 1 is 1.53 bits per heavy atom. The lowest BCUT2D eigenvalue weighted by Crippen LogP contribution is -2.60. The molecular weight excluding hydrogens is 190 g/mol. The van der Waals surface area contributed by atoms with Gasteiger partial charge in [-0.2, -0.15) is 0 Å². The van der Waals surface area contributed by atoms with Crippen LogP contribution >= 0.6 is 0 Å². The van der Waals surface area contributed by atoms with Gasteiger partial charge in [0.2, 0.25) is 0 Å². The van der Waals surface area contributed by atoms with Crippen molar-refractivity contribution < 1.29 is 9.84 Å². The maximum Gasteiger partial charge on any atom is 0.0741 e. The van der Waals surface area contributed by atoms with E-state index in [2.05, 4.69) is 11.4 Å². The van der Waals surface area contributed by atoms with Crippen molar-refractivity contribution in [3.8, 4) is 0 Å². The van der Waals surface area contributed by atoms with Crippen molar-refractivity contribution >= 4 is 0 Å². The van der Waals surface area contributed by atoms with Gasteiger partial charge in [-0.15, -0.1) is 0 Å². The van der Waals surface area contributed by atoms with E-state index in [4.69, 9.17) is 4.74 Å². The zero-order valence-corrected chi connectivity index (χ0v) is 9.04. The fourth-order valence-corrected chi connectivity index (χ4v) is 3.21. The Labute approximate surface area is 90.5 Å². The topological polar surface area (TPSA) is 41.5 Å². The summed E-state index contributed by atoms with van der Waals surface area (Å²) in [4.78, 5) is 0. The Morgan fingerprint density at radius 2 is 2.47 bits per heavy atom.